The molecule has 0 saturated heterocycles. The van der Waals surface area contributed by atoms with Crippen LogP contribution in [-0.4, -0.2) is 16.6 Å². The molecule has 1 N–H and O–H groups in total. The number of oxime groups is 1. The number of halogens is 4. The Morgan fingerprint density at radius 1 is 1.15 bits per heavy atom. The smallest absolute Gasteiger partial charge is 0.251 e. The first-order valence-corrected chi connectivity index (χ1v) is 11.2. The van der Waals surface area contributed by atoms with Gasteiger partial charge in [-0.05, 0) is 61.4 Å². The van der Waals surface area contributed by atoms with Crippen LogP contribution in [0, 0.1) is 12.7 Å². The van der Waals surface area contributed by atoms with Gasteiger partial charge in [0.25, 0.3) is 5.91 Å². The quantitative estimate of drug-likeness (QED) is 0.404. The number of amides is 1. The van der Waals surface area contributed by atoms with Crippen LogP contribution in [0.25, 0.3) is 0 Å². The predicted octanol–water partition coefficient (Wildman–Crippen LogP) is 6.46. The van der Waals surface area contributed by atoms with Gasteiger partial charge in [-0.2, -0.15) is 0 Å². The Morgan fingerprint density at radius 3 is 2.55 bits per heavy atom. The third kappa shape index (κ3) is 4.83. The minimum atomic E-state index is -0.845. The Bertz CT molecular complexity index is 1260. The van der Waals surface area contributed by atoms with Gasteiger partial charge in [0.05, 0.1) is 33.0 Å². The number of rotatable bonds is 5. The number of pyridine rings is 1. The van der Waals surface area contributed by atoms with E-state index in [1.165, 1.54) is 12.1 Å². The van der Waals surface area contributed by atoms with Gasteiger partial charge in [-0.15, -0.1) is 0 Å². The summed E-state index contributed by atoms with van der Waals surface area (Å²) in [6, 6.07) is 11.9. The van der Waals surface area contributed by atoms with Gasteiger partial charge in [-0.25, -0.2) is 4.39 Å². The summed E-state index contributed by atoms with van der Waals surface area (Å²) in [6.07, 6.45) is 2.05. The summed E-state index contributed by atoms with van der Waals surface area (Å²) in [4.78, 5) is 22.6. The van der Waals surface area contributed by atoms with E-state index in [1.54, 1.807) is 24.4 Å². The van der Waals surface area contributed by atoms with Crippen LogP contribution in [0.15, 0.2) is 53.8 Å². The van der Waals surface area contributed by atoms with Gasteiger partial charge < -0.3 is 10.2 Å². The maximum absolute atomic E-state index is 13.8. The number of hydrogen-bond donors (Lipinski definition) is 1. The molecule has 1 atom stereocenters. The second kappa shape index (κ2) is 9.29. The highest BCUT2D eigenvalue weighted by Gasteiger charge is 2.37. The van der Waals surface area contributed by atoms with E-state index in [9.17, 15) is 9.18 Å². The number of hydrogen-bond acceptors (Lipinski definition) is 4. The fraction of sp³-hybridized carbons (Fsp3) is 0.208. The monoisotopic (exact) mass is 505 g/mol. The van der Waals surface area contributed by atoms with E-state index in [2.05, 4.69) is 15.5 Å². The first kappa shape index (κ1) is 23.5. The average Bonchev–Trinajstić information content (AvgIpc) is 3.19. The van der Waals surface area contributed by atoms with Crippen LogP contribution >= 0.6 is 34.8 Å². The van der Waals surface area contributed by atoms with Gasteiger partial charge in [0, 0.05) is 23.7 Å². The second-order valence-corrected chi connectivity index (χ2v) is 9.16. The molecule has 5 nitrogen and oxygen atoms in total. The summed E-state index contributed by atoms with van der Waals surface area (Å²) in [7, 11) is 0. The third-order valence-electron chi connectivity index (χ3n) is 5.51. The van der Waals surface area contributed by atoms with Crippen molar-refractivity contribution in [2.45, 2.75) is 32.4 Å². The molecule has 0 saturated carbocycles. The summed E-state index contributed by atoms with van der Waals surface area (Å²) in [6.45, 7) is 3.91. The lowest BCUT2D eigenvalue weighted by Gasteiger charge is -2.22. The maximum Gasteiger partial charge on any atom is 0.251 e. The molecular weight excluding hydrogens is 488 g/mol. The summed E-state index contributed by atoms with van der Waals surface area (Å²) < 4.78 is 13.8. The summed E-state index contributed by atoms with van der Waals surface area (Å²) in [5.74, 6) is -0.898. The van der Waals surface area contributed by atoms with Crippen LogP contribution in [0.5, 0.6) is 0 Å². The van der Waals surface area contributed by atoms with Gasteiger partial charge in [0.1, 0.15) is 0 Å². The highest BCUT2D eigenvalue weighted by Crippen LogP contribution is 2.39. The van der Waals surface area contributed by atoms with E-state index in [0.717, 1.165) is 11.1 Å². The van der Waals surface area contributed by atoms with Crippen molar-refractivity contribution in [2.24, 2.45) is 5.16 Å². The zero-order valence-corrected chi connectivity index (χ0v) is 20.0. The molecule has 0 radical (unpaired) electrons. The molecule has 0 fully saturated rings. The van der Waals surface area contributed by atoms with Crippen LogP contribution in [0.3, 0.4) is 0 Å². The molecule has 1 aliphatic heterocycles. The van der Waals surface area contributed by atoms with E-state index in [4.69, 9.17) is 39.6 Å². The molecule has 0 aliphatic carbocycles. The summed E-state index contributed by atoms with van der Waals surface area (Å²) >= 11 is 18.0. The minimum Gasteiger partial charge on any atom is -0.384 e. The number of aryl methyl sites for hydroxylation is 1. The van der Waals surface area contributed by atoms with Crippen molar-refractivity contribution in [1.29, 1.82) is 0 Å². The lowest BCUT2D eigenvalue weighted by Crippen LogP contribution is -2.24. The topological polar surface area (TPSA) is 63.6 Å². The third-order valence-corrected chi connectivity index (χ3v) is 6.41. The molecule has 2 aromatic carbocycles. The molecule has 33 heavy (non-hydrogen) atoms. The van der Waals surface area contributed by atoms with Crippen molar-refractivity contribution in [2.75, 3.05) is 0 Å². The van der Waals surface area contributed by atoms with E-state index in [0.29, 0.717) is 34.0 Å². The van der Waals surface area contributed by atoms with Crippen molar-refractivity contribution < 1.29 is 14.0 Å². The van der Waals surface area contributed by atoms with Crippen molar-refractivity contribution in [3.63, 3.8) is 0 Å². The fourth-order valence-electron chi connectivity index (χ4n) is 3.62. The SMILES string of the molecule is Cc1cc(C2=NOC(C)(c3cc(Cl)c(F)c(Cl)c3)C2)ccc1C(=O)NCc1ncccc1Cl. The van der Waals surface area contributed by atoms with E-state index < -0.39 is 11.4 Å². The Morgan fingerprint density at radius 2 is 1.88 bits per heavy atom. The fourth-order valence-corrected chi connectivity index (χ4v) is 4.29. The zero-order chi connectivity index (χ0) is 23.8. The zero-order valence-electron chi connectivity index (χ0n) is 17.8. The summed E-state index contributed by atoms with van der Waals surface area (Å²) in [5.41, 5.74) is 3.20. The van der Waals surface area contributed by atoms with E-state index in [1.807, 2.05) is 26.0 Å². The molecular formula is C24H19Cl3FN3O2. The van der Waals surface area contributed by atoms with Crippen molar-refractivity contribution in [1.82, 2.24) is 10.3 Å². The maximum atomic E-state index is 13.8. The standard InChI is InChI=1S/C24H19Cl3FN3O2/c1-13-8-14(5-6-16(13)23(32)30-12-21-17(25)4-3-7-29-21)20-11-24(2,33-31-20)15-9-18(26)22(28)19(27)10-15/h3-10H,11-12H2,1-2H3,(H,30,32). The van der Waals surface area contributed by atoms with E-state index >= 15 is 0 Å². The molecule has 4 rings (SSSR count). The van der Waals surface area contributed by atoms with Crippen LogP contribution < -0.4 is 5.32 Å². The van der Waals surface area contributed by atoms with Crippen LogP contribution in [-0.2, 0) is 17.0 Å². The Labute approximate surface area is 205 Å². The van der Waals surface area contributed by atoms with Crippen molar-refractivity contribution >= 4 is 46.4 Å². The molecule has 9 heteroatoms. The molecule has 0 bridgehead atoms. The largest absolute Gasteiger partial charge is 0.384 e. The normalized spacial score (nSPS) is 17.5. The Balaban J connectivity index is 1.48. The van der Waals surface area contributed by atoms with Crippen LogP contribution in [0.2, 0.25) is 15.1 Å². The van der Waals surface area contributed by atoms with Crippen LogP contribution in [0.4, 0.5) is 4.39 Å². The molecule has 170 valence electrons. The number of aromatic nitrogens is 1. The van der Waals surface area contributed by atoms with E-state index in [-0.39, 0.29) is 22.5 Å². The number of carbonyl (C=O) groups excluding carboxylic acids is 1. The van der Waals surface area contributed by atoms with Crippen molar-refractivity contribution in [3.8, 4) is 0 Å². The van der Waals surface area contributed by atoms with Gasteiger partial charge in [-0.3, -0.25) is 9.78 Å². The van der Waals surface area contributed by atoms with Gasteiger partial charge >= 0.3 is 0 Å². The van der Waals surface area contributed by atoms with Gasteiger partial charge in [0.15, 0.2) is 11.4 Å². The lowest BCUT2D eigenvalue weighted by atomic mass is 9.88. The first-order chi connectivity index (χ1) is 15.7. The summed E-state index contributed by atoms with van der Waals surface area (Å²) in [5, 5.41) is 7.42. The van der Waals surface area contributed by atoms with Crippen molar-refractivity contribution in [3.05, 3.63) is 97.5 Å². The highest BCUT2D eigenvalue weighted by molar-refractivity contribution is 6.35. The molecule has 0 spiro atoms. The number of nitrogens with zero attached hydrogens (tertiary/aromatic N) is 2. The van der Waals surface area contributed by atoms with Gasteiger partial charge in [-0.1, -0.05) is 46.0 Å². The molecule has 1 amide bonds. The second-order valence-electron chi connectivity index (χ2n) is 7.94. The number of nitrogens with one attached hydrogen (secondary N) is 1. The number of benzene rings is 2. The van der Waals surface area contributed by atoms with Crippen LogP contribution in [0.1, 0.15) is 46.1 Å². The molecule has 1 unspecified atom stereocenters. The lowest BCUT2D eigenvalue weighted by molar-refractivity contribution is -0.00741. The highest BCUT2D eigenvalue weighted by atomic mass is 35.5. The minimum absolute atomic E-state index is 0.0750. The number of carbonyl (C=O) groups is 1. The average molecular weight is 507 g/mol. The molecule has 1 aromatic heterocycles. The van der Waals surface area contributed by atoms with Gasteiger partial charge in [0.2, 0.25) is 0 Å². The molecule has 1 aliphatic rings. The molecule has 2 heterocycles. The Kier molecular flexibility index (Phi) is 6.61. The first-order valence-electron chi connectivity index (χ1n) is 10.1. The molecule has 3 aromatic rings. The predicted molar refractivity (Wildman–Crippen MR) is 128 cm³/mol. The Hall–Kier alpha value is -2.67.